The summed E-state index contributed by atoms with van der Waals surface area (Å²) < 4.78 is 15.6. The summed E-state index contributed by atoms with van der Waals surface area (Å²) in [6.07, 6.45) is 2.10. The predicted molar refractivity (Wildman–Crippen MR) is 89.7 cm³/mol. The van der Waals surface area contributed by atoms with Gasteiger partial charge in [-0.3, -0.25) is 4.79 Å². The summed E-state index contributed by atoms with van der Waals surface area (Å²) in [5, 5.41) is 14.2. The van der Waals surface area contributed by atoms with Gasteiger partial charge in [0.2, 0.25) is 11.6 Å². The van der Waals surface area contributed by atoms with E-state index in [0.717, 1.165) is 24.1 Å². The number of nitrogens with one attached hydrogen (secondary N) is 2. The molecule has 25 heavy (non-hydrogen) atoms. The van der Waals surface area contributed by atoms with Crippen LogP contribution in [0.15, 0.2) is 34.1 Å². The van der Waals surface area contributed by atoms with Crippen molar-refractivity contribution in [2.45, 2.75) is 25.3 Å². The minimum absolute atomic E-state index is 0.107. The van der Waals surface area contributed by atoms with Crippen LogP contribution in [0.3, 0.4) is 0 Å². The smallest absolute Gasteiger partial charge is 0.219 e. The molecular weight excluding hydrogens is 324 g/mol. The third-order valence-electron chi connectivity index (χ3n) is 4.49. The van der Waals surface area contributed by atoms with Crippen LogP contribution in [0.25, 0.3) is 0 Å². The zero-order valence-electron chi connectivity index (χ0n) is 14.0. The van der Waals surface area contributed by atoms with Crippen molar-refractivity contribution in [3.63, 3.8) is 0 Å². The number of carbonyl (C=O) groups excluding carboxylic acids is 1. The van der Waals surface area contributed by atoms with Crippen molar-refractivity contribution in [1.82, 2.24) is 10.3 Å². The van der Waals surface area contributed by atoms with Gasteiger partial charge < -0.3 is 20.1 Å². The summed E-state index contributed by atoms with van der Waals surface area (Å²) in [6, 6.07) is 5.16. The van der Waals surface area contributed by atoms with Gasteiger partial charge in [-0.1, -0.05) is 0 Å². The maximum absolute atomic E-state index is 12.7. The van der Waals surface area contributed by atoms with Gasteiger partial charge in [0.05, 0.1) is 20.3 Å². The molecule has 0 spiro atoms. The second kappa shape index (κ2) is 6.12. The van der Waals surface area contributed by atoms with E-state index in [9.17, 15) is 4.79 Å². The van der Waals surface area contributed by atoms with Crippen molar-refractivity contribution >= 4 is 17.4 Å². The number of allylic oxidation sites excluding steroid dienone is 1. The molecule has 1 atom stereocenters. The molecule has 1 aliphatic carbocycles. The van der Waals surface area contributed by atoms with Gasteiger partial charge in [0.25, 0.3) is 0 Å². The first-order valence-electron chi connectivity index (χ1n) is 8.05. The molecule has 130 valence electrons. The summed E-state index contributed by atoms with van der Waals surface area (Å²) in [7, 11) is 3.19. The number of Topliss-reactive ketones (excluding diaryl/α,β-unsaturated/α-hetero) is 1. The number of nitrogens with zero attached hydrogens (tertiary/aromatic N) is 2. The first-order chi connectivity index (χ1) is 12.2. The highest BCUT2D eigenvalue weighted by molar-refractivity contribution is 6.00. The van der Waals surface area contributed by atoms with E-state index in [-0.39, 0.29) is 5.78 Å². The molecule has 2 aliphatic rings. The van der Waals surface area contributed by atoms with Gasteiger partial charge in [0.1, 0.15) is 11.5 Å². The molecule has 4 rings (SSSR count). The molecular formula is C17H18N4O4. The fraction of sp³-hybridized carbons (Fsp3) is 0.353. The van der Waals surface area contributed by atoms with Crippen LogP contribution in [0.5, 0.6) is 11.5 Å². The second-order valence-electron chi connectivity index (χ2n) is 5.98. The highest BCUT2D eigenvalue weighted by Crippen LogP contribution is 2.40. The zero-order valence-corrected chi connectivity index (χ0v) is 14.0. The molecule has 0 radical (unpaired) electrons. The van der Waals surface area contributed by atoms with Crippen molar-refractivity contribution in [3.05, 3.63) is 35.0 Å². The maximum atomic E-state index is 12.7. The van der Waals surface area contributed by atoms with Crippen molar-refractivity contribution in [2.75, 3.05) is 24.9 Å². The number of hydrogen-bond acceptors (Lipinski definition) is 8. The Balaban J connectivity index is 1.87. The molecule has 2 N–H and O–H groups in total. The van der Waals surface area contributed by atoms with Gasteiger partial charge >= 0.3 is 0 Å². The van der Waals surface area contributed by atoms with E-state index in [0.29, 0.717) is 35.1 Å². The molecule has 0 bridgehead atoms. The number of ether oxygens (including phenoxy) is 2. The number of methoxy groups -OCH3 is 2. The minimum atomic E-state index is -0.396. The molecule has 0 amide bonds. The lowest BCUT2D eigenvalue weighted by atomic mass is 9.86. The lowest BCUT2D eigenvalue weighted by Crippen LogP contribution is -2.23. The summed E-state index contributed by atoms with van der Waals surface area (Å²) in [6.45, 7) is 0. The Hall–Kier alpha value is -3.03. The molecule has 1 aromatic heterocycles. The SMILES string of the molecule is COc1cc(OC)cc(C2Nc3nonc3NC3=C2C(=O)CCC3)c1. The van der Waals surface area contributed by atoms with Crippen molar-refractivity contribution in [2.24, 2.45) is 0 Å². The van der Waals surface area contributed by atoms with Crippen LogP contribution in [-0.4, -0.2) is 30.3 Å². The van der Waals surface area contributed by atoms with Crippen LogP contribution in [-0.2, 0) is 4.79 Å². The molecule has 1 aliphatic heterocycles. The summed E-state index contributed by atoms with van der Waals surface area (Å²) in [4.78, 5) is 12.7. The molecule has 2 aromatic rings. The van der Waals surface area contributed by atoms with E-state index < -0.39 is 6.04 Å². The van der Waals surface area contributed by atoms with Gasteiger partial charge in [0, 0.05) is 23.8 Å². The van der Waals surface area contributed by atoms with Gasteiger partial charge in [-0.25, -0.2) is 4.63 Å². The summed E-state index contributed by atoms with van der Waals surface area (Å²) in [5.74, 6) is 2.36. The van der Waals surface area contributed by atoms with E-state index in [2.05, 4.69) is 20.9 Å². The molecule has 1 aromatic carbocycles. The van der Waals surface area contributed by atoms with Crippen LogP contribution < -0.4 is 20.1 Å². The number of benzene rings is 1. The normalized spacial score (nSPS) is 19.3. The third-order valence-corrected chi connectivity index (χ3v) is 4.49. The molecule has 2 heterocycles. The van der Waals surface area contributed by atoms with Crippen LogP contribution in [0.1, 0.15) is 30.9 Å². The van der Waals surface area contributed by atoms with Crippen molar-refractivity contribution in [1.29, 1.82) is 0 Å². The Labute approximate surface area is 144 Å². The Bertz CT molecular complexity index is 836. The van der Waals surface area contributed by atoms with Gasteiger partial charge in [-0.05, 0) is 40.9 Å². The van der Waals surface area contributed by atoms with Gasteiger partial charge in [-0.2, -0.15) is 0 Å². The predicted octanol–water partition coefficient (Wildman–Crippen LogP) is 2.67. The maximum Gasteiger partial charge on any atom is 0.219 e. The Morgan fingerprint density at radius 1 is 1.08 bits per heavy atom. The zero-order chi connectivity index (χ0) is 17.4. The Kier molecular flexibility index (Phi) is 3.79. The molecule has 1 unspecified atom stereocenters. The summed E-state index contributed by atoms with van der Waals surface area (Å²) >= 11 is 0. The van der Waals surface area contributed by atoms with E-state index >= 15 is 0 Å². The number of ketones is 1. The van der Waals surface area contributed by atoms with Gasteiger partial charge in [0.15, 0.2) is 5.78 Å². The molecule has 0 saturated heterocycles. The van der Waals surface area contributed by atoms with Crippen LogP contribution in [0.2, 0.25) is 0 Å². The lowest BCUT2D eigenvalue weighted by Gasteiger charge is -2.25. The Morgan fingerprint density at radius 3 is 2.52 bits per heavy atom. The van der Waals surface area contributed by atoms with E-state index in [1.165, 1.54) is 0 Å². The van der Waals surface area contributed by atoms with E-state index in [4.69, 9.17) is 14.1 Å². The molecule has 8 nitrogen and oxygen atoms in total. The average molecular weight is 342 g/mol. The fourth-order valence-electron chi connectivity index (χ4n) is 3.29. The quantitative estimate of drug-likeness (QED) is 0.878. The van der Waals surface area contributed by atoms with Crippen LogP contribution in [0, 0.1) is 0 Å². The molecule has 8 heteroatoms. The Morgan fingerprint density at radius 2 is 1.80 bits per heavy atom. The average Bonchev–Trinajstić information content (AvgIpc) is 3.00. The fourth-order valence-corrected chi connectivity index (χ4v) is 3.29. The lowest BCUT2D eigenvalue weighted by molar-refractivity contribution is -0.116. The van der Waals surface area contributed by atoms with E-state index in [1.54, 1.807) is 20.3 Å². The van der Waals surface area contributed by atoms with Crippen molar-refractivity contribution in [3.8, 4) is 11.5 Å². The van der Waals surface area contributed by atoms with Gasteiger partial charge in [-0.15, -0.1) is 0 Å². The topological polar surface area (TPSA) is 98.5 Å². The standard InChI is InChI=1S/C17H18N4O4/c1-23-10-6-9(7-11(8-10)24-2)15-14-12(4-3-5-13(14)22)18-16-17(19-15)21-25-20-16/h6-8,15H,3-5H2,1-2H3,(H,18,20)(H,19,21). The number of anilines is 2. The number of rotatable bonds is 3. The number of fused-ring (bicyclic) bond motifs is 1. The number of hydrogen-bond donors (Lipinski definition) is 2. The largest absolute Gasteiger partial charge is 0.497 e. The van der Waals surface area contributed by atoms with Crippen LogP contribution >= 0.6 is 0 Å². The molecule has 0 fully saturated rings. The highest BCUT2D eigenvalue weighted by atomic mass is 16.6. The first-order valence-corrected chi connectivity index (χ1v) is 8.05. The first kappa shape index (κ1) is 15.5. The van der Waals surface area contributed by atoms with Crippen molar-refractivity contribution < 1.29 is 18.9 Å². The number of carbonyl (C=O) groups is 1. The number of aromatic nitrogens is 2. The van der Waals surface area contributed by atoms with E-state index in [1.807, 2.05) is 12.1 Å². The molecule has 0 saturated carbocycles. The minimum Gasteiger partial charge on any atom is -0.497 e. The van der Waals surface area contributed by atoms with Crippen LogP contribution in [0.4, 0.5) is 11.6 Å². The monoisotopic (exact) mass is 342 g/mol. The second-order valence-corrected chi connectivity index (χ2v) is 5.98. The third kappa shape index (κ3) is 2.69. The summed E-state index contributed by atoms with van der Waals surface area (Å²) in [5.41, 5.74) is 2.39. The highest BCUT2D eigenvalue weighted by Gasteiger charge is 2.34.